The van der Waals surface area contributed by atoms with Crippen molar-refractivity contribution in [3.63, 3.8) is 0 Å². The molecule has 1 heterocycles. The number of nitrogen functional groups attached to an aromatic ring is 1. The quantitative estimate of drug-likeness (QED) is 0.645. The van der Waals surface area contributed by atoms with Crippen molar-refractivity contribution in [3.8, 4) is 0 Å². The van der Waals surface area contributed by atoms with Crippen LogP contribution in [0, 0.1) is 16.0 Å². The van der Waals surface area contributed by atoms with E-state index in [0.717, 1.165) is 6.20 Å². The summed E-state index contributed by atoms with van der Waals surface area (Å²) in [4.78, 5) is 27.7. The largest absolute Gasteiger partial charge is 0.383 e. The number of nitro groups is 1. The normalized spacial score (nSPS) is 10.5. The summed E-state index contributed by atoms with van der Waals surface area (Å²) >= 11 is 0. The Labute approximate surface area is 111 Å². The number of rotatable bonds is 5. The van der Waals surface area contributed by atoms with Crippen molar-refractivity contribution < 1.29 is 9.72 Å². The van der Waals surface area contributed by atoms with Crippen LogP contribution in [0.1, 0.15) is 31.1 Å². The van der Waals surface area contributed by atoms with Gasteiger partial charge in [0.2, 0.25) is 0 Å². The molecule has 0 fully saturated rings. The van der Waals surface area contributed by atoms with E-state index in [4.69, 9.17) is 5.73 Å². The number of nitrogens with two attached hydrogens (primary N) is 1. The summed E-state index contributed by atoms with van der Waals surface area (Å²) in [6, 6.07) is 1.17. The number of hydrogen-bond acceptors (Lipinski definition) is 5. The van der Waals surface area contributed by atoms with E-state index in [1.807, 2.05) is 20.8 Å². The van der Waals surface area contributed by atoms with Gasteiger partial charge in [0.05, 0.1) is 10.5 Å². The SMILES string of the molecule is CCN(CC(C)C)C(=O)c1cc([N+](=O)[O-])cnc1N. The fraction of sp³-hybridized carbons (Fsp3) is 0.500. The van der Waals surface area contributed by atoms with Crippen molar-refractivity contribution >= 4 is 17.4 Å². The molecule has 1 aromatic heterocycles. The third kappa shape index (κ3) is 3.64. The van der Waals surface area contributed by atoms with Crippen LogP contribution < -0.4 is 5.73 Å². The molecule has 1 amide bonds. The molecule has 0 aliphatic heterocycles. The maximum absolute atomic E-state index is 12.3. The summed E-state index contributed by atoms with van der Waals surface area (Å²) in [7, 11) is 0. The molecule has 104 valence electrons. The van der Waals surface area contributed by atoms with Gasteiger partial charge in [-0.3, -0.25) is 14.9 Å². The highest BCUT2D eigenvalue weighted by Crippen LogP contribution is 2.19. The minimum absolute atomic E-state index is 0.0119. The summed E-state index contributed by atoms with van der Waals surface area (Å²) in [6.45, 7) is 6.91. The van der Waals surface area contributed by atoms with Crippen LogP contribution in [0.2, 0.25) is 0 Å². The van der Waals surface area contributed by atoms with Gasteiger partial charge < -0.3 is 10.6 Å². The molecule has 0 bridgehead atoms. The van der Waals surface area contributed by atoms with E-state index < -0.39 is 4.92 Å². The summed E-state index contributed by atoms with van der Waals surface area (Å²) in [5.74, 6) is -0.0144. The first-order chi connectivity index (χ1) is 8.86. The zero-order chi connectivity index (χ0) is 14.6. The molecule has 0 saturated heterocycles. The maximum Gasteiger partial charge on any atom is 0.288 e. The van der Waals surface area contributed by atoms with Gasteiger partial charge in [-0.25, -0.2) is 4.98 Å². The zero-order valence-electron chi connectivity index (χ0n) is 11.3. The Kier molecular flexibility index (Phi) is 4.80. The minimum atomic E-state index is -0.595. The molecule has 0 aliphatic rings. The second-order valence-corrected chi connectivity index (χ2v) is 4.62. The number of nitrogens with zero attached hydrogens (tertiary/aromatic N) is 3. The fourth-order valence-corrected chi connectivity index (χ4v) is 1.70. The molecule has 2 N–H and O–H groups in total. The van der Waals surface area contributed by atoms with E-state index in [-0.39, 0.29) is 23.0 Å². The molecule has 7 heteroatoms. The predicted octanol–water partition coefficient (Wildman–Crippen LogP) is 1.69. The lowest BCUT2D eigenvalue weighted by Crippen LogP contribution is -2.34. The van der Waals surface area contributed by atoms with Crippen LogP contribution in [0.4, 0.5) is 11.5 Å². The monoisotopic (exact) mass is 266 g/mol. The van der Waals surface area contributed by atoms with Crippen molar-refractivity contribution in [2.45, 2.75) is 20.8 Å². The molecule has 1 aromatic rings. The molecular weight excluding hydrogens is 248 g/mol. The summed E-state index contributed by atoms with van der Waals surface area (Å²) in [6.07, 6.45) is 1.05. The molecule has 1 rings (SSSR count). The maximum atomic E-state index is 12.3. The Balaban J connectivity index is 3.09. The van der Waals surface area contributed by atoms with Gasteiger partial charge in [0.1, 0.15) is 12.0 Å². The van der Waals surface area contributed by atoms with E-state index in [1.165, 1.54) is 6.07 Å². The summed E-state index contributed by atoms with van der Waals surface area (Å²) < 4.78 is 0. The van der Waals surface area contributed by atoms with Crippen LogP contribution in [0.5, 0.6) is 0 Å². The first-order valence-corrected chi connectivity index (χ1v) is 6.06. The van der Waals surface area contributed by atoms with Gasteiger partial charge in [-0.15, -0.1) is 0 Å². The highest BCUT2D eigenvalue weighted by atomic mass is 16.6. The molecule has 0 radical (unpaired) electrons. The van der Waals surface area contributed by atoms with Crippen LogP contribution in [0.3, 0.4) is 0 Å². The van der Waals surface area contributed by atoms with Crippen LogP contribution >= 0.6 is 0 Å². The second-order valence-electron chi connectivity index (χ2n) is 4.62. The number of amides is 1. The molecule has 0 saturated carbocycles. The van der Waals surface area contributed by atoms with Crippen LogP contribution in [-0.2, 0) is 0 Å². The van der Waals surface area contributed by atoms with Gasteiger partial charge in [0, 0.05) is 19.2 Å². The molecule has 0 aliphatic carbocycles. The topological polar surface area (TPSA) is 102 Å². The van der Waals surface area contributed by atoms with Gasteiger partial charge in [0.15, 0.2) is 0 Å². The van der Waals surface area contributed by atoms with Crippen molar-refractivity contribution in [1.82, 2.24) is 9.88 Å². The van der Waals surface area contributed by atoms with Gasteiger partial charge >= 0.3 is 0 Å². The van der Waals surface area contributed by atoms with Gasteiger partial charge in [-0.2, -0.15) is 0 Å². The lowest BCUT2D eigenvalue weighted by molar-refractivity contribution is -0.385. The van der Waals surface area contributed by atoms with E-state index in [9.17, 15) is 14.9 Å². The average molecular weight is 266 g/mol. The van der Waals surface area contributed by atoms with Crippen molar-refractivity contribution in [3.05, 3.63) is 27.9 Å². The van der Waals surface area contributed by atoms with E-state index in [0.29, 0.717) is 19.0 Å². The summed E-state index contributed by atoms with van der Waals surface area (Å²) in [5.41, 5.74) is 5.48. The Hall–Kier alpha value is -2.18. The van der Waals surface area contributed by atoms with Crippen molar-refractivity contribution in [2.24, 2.45) is 5.92 Å². The Bertz CT molecular complexity index is 488. The number of carbonyl (C=O) groups excluding carboxylic acids is 1. The highest BCUT2D eigenvalue weighted by molar-refractivity contribution is 5.98. The van der Waals surface area contributed by atoms with E-state index in [2.05, 4.69) is 4.98 Å². The van der Waals surface area contributed by atoms with Crippen molar-refractivity contribution in [1.29, 1.82) is 0 Å². The van der Waals surface area contributed by atoms with Gasteiger partial charge in [-0.05, 0) is 12.8 Å². The number of carbonyl (C=O) groups is 1. The number of pyridine rings is 1. The zero-order valence-corrected chi connectivity index (χ0v) is 11.3. The highest BCUT2D eigenvalue weighted by Gasteiger charge is 2.21. The predicted molar refractivity (Wildman–Crippen MR) is 71.7 cm³/mol. The standard InChI is InChI=1S/C12H18N4O3/c1-4-15(7-8(2)3)12(17)10-5-9(16(18)19)6-14-11(10)13/h5-6,8H,4,7H2,1-3H3,(H2,13,14). The fourth-order valence-electron chi connectivity index (χ4n) is 1.70. The number of aromatic nitrogens is 1. The third-order valence-corrected chi connectivity index (χ3v) is 2.60. The lowest BCUT2D eigenvalue weighted by Gasteiger charge is -2.23. The molecule has 19 heavy (non-hydrogen) atoms. The van der Waals surface area contributed by atoms with Crippen LogP contribution in [0.25, 0.3) is 0 Å². The second kappa shape index (κ2) is 6.12. The van der Waals surface area contributed by atoms with Gasteiger partial charge in [0.25, 0.3) is 11.6 Å². The molecule has 7 nitrogen and oxygen atoms in total. The lowest BCUT2D eigenvalue weighted by atomic mass is 10.1. The summed E-state index contributed by atoms with van der Waals surface area (Å²) in [5, 5.41) is 10.7. The Morgan fingerprint density at radius 1 is 1.58 bits per heavy atom. The van der Waals surface area contributed by atoms with Crippen LogP contribution in [-0.4, -0.2) is 33.8 Å². The Morgan fingerprint density at radius 3 is 2.68 bits per heavy atom. The first-order valence-electron chi connectivity index (χ1n) is 6.06. The number of anilines is 1. The third-order valence-electron chi connectivity index (χ3n) is 2.60. The smallest absolute Gasteiger partial charge is 0.288 e. The molecular formula is C12H18N4O3. The van der Waals surface area contributed by atoms with Crippen LogP contribution in [0.15, 0.2) is 12.3 Å². The Morgan fingerprint density at radius 2 is 2.21 bits per heavy atom. The molecule has 0 atom stereocenters. The molecule has 0 aromatic carbocycles. The van der Waals surface area contributed by atoms with Gasteiger partial charge in [-0.1, -0.05) is 13.8 Å². The molecule has 0 unspecified atom stereocenters. The van der Waals surface area contributed by atoms with E-state index in [1.54, 1.807) is 4.90 Å². The molecule has 0 spiro atoms. The minimum Gasteiger partial charge on any atom is -0.383 e. The van der Waals surface area contributed by atoms with Crippen molar-refractivity contribution in [2.75, 3.05) is 18.8 Å². The first kappa shape index (κ1) is 14.9. The van der Waals surface area contributed by atoms with E-state index >= 15 is 0 Å². The number of hydrogen-bond donors (Lipinski definition) is 1. The average Bonchev–Trinajstić information content (AvgIpc) is 2.35.